The minimum Gasteiger partial charge on any atom is -0.506 e. The van der Waals surface area contributed by atoms with E-state index in [0.29, 0.717) is 16.9 Å². The van der Waals surface area contributed by atoms with Crippen molar-refractivity contribution in [3.63, 3.8) is 0 Å². The Hall–Kier alpha value is -2.75. The molecule has 0 radical (unpaired) electrons. The Labute approximate surface area is 161 Å². The monoisotopic (exact) mass is 368 g/mol. The summed E-state index contributed by atoms with van der Waals surface area (Å²) in [6.45, 7) is 11.6. The molecule has 4 heteroatoms. The molecule has 0 saturated carbocycles. The van der Waals surface area contributed by atoms with Crippen LogP contribution in [0.3, 0.4) is 0 Å². The molecular formula is C23H28O4. The molecule has 1 aliphatic rings. The van der Waals surface area contributed by atoms with Crippen LogP contribution in [-0.2, 0) is 0 Å². The highest BCUT2D eigenvalue weighted by Gasteiger charge is 2.30. The fraction of sp³-hybridized carbons (Fsp3) is 0.348. The van der Waals surface area contributed by atoms with E-state index < -0.39 is 11.6 Å². The number of hydrogen-bond acceptors (Lipinski definition) is 3. The van der Waals surface area contributed by atoms with E-state index in [-0.39, 0.29) is 11.3 Å². The highest BCUT2D eigenvalue weighted by Crippen LogP contribution is 2.41. The van der Waals surface area contributed by atoms with Gasteiger partial charge in [0.15, 0.2) is 0 Å². The molecule has 1 aromatic carbocycles. The molecule has 0 bridgehead atoms. The maximum atomic E-state index is 11.3. The maximum Gasteiger partial charge on any atom is 0.339 e. The quantitative estimate of drug-likeness (QED) is 0.471. The largest absolute Gasteiger partial charge is 0.506 e. The van der Waals surface area contributed by atoms with Crippen molar-refractivity contribution in [3.05, 3.63) is 64.8 Å². The van der Waals surface area contributed by atoms with Gasteiger partial charge >= 0.3 is 5.97 Å². The molecule has 0 saturated heterocycles. The Morgan fingerprint density at radius 1 is 1.37 bits per heavy atom. The van der Waals surface area contributed by atoms with E-state index in [1.165, 1.54) is 5.57 Å². The molecule has 0 aromatic heterocycles. The zero-order valence-electron chi connectivity index (χ0n) is 16.5. The molecule has 1 heterocycles. The third-order valence-corrected chi connectivity index (χ3v) is 4.63. The summed E-state index contributed by atoms with van der Waals surface area (Å²) in [4.78, 5) is 11.3. The number of fused-ring (bicyclic) bond motifs is 1. The van der Waals surface area contributed by atoms with Gasteiger partial charge in [0, 0.05) is 0 Å². The molecule has 27 heavy (non-hydrogen) atoms. The lowest BCUT2D eigenvalue weighted by Crippen LogP contribution is -2.31. The molecule has 0 aliphatic carbocycles. The fourth-order valence-electron chi connectivity index (χ4n) is 3.11. The number of rotatable bonds is 7. The summed E-state index contributed by atoms with van der Waals surface area (Å²) >= 11 is 0. The molecule has 0 spiro atoms. The minimum atomic E-state index is -1.14. The molecule has 2 N–H and O–H groups in total. The van der Waals surface area contributed by atoms with Gasteiger partial charge in [-0.3, -0.25) is 0 Å². The van der Waals surface area contributed by atoms with E-state index in [4.69, 9.17) is 4.74 Å². The number of carboxylic acid groups (broad SMARTS) is 1. The molecule has 0 unspecified atom stereocenters. The number of hydrogen-bond donors (Lipinski definition) is 2. The summed E-state index contributed by atoms with van der Waals surface area (Å²) in [5.74, 6) is -0.864. The van der Waals surface area contributed by atoms with E-state index in [1.54, 1.807) is 19.1 Å². The van der Waals surface area contributed by atoms with Crippen LogP contribution in [0.15, 0.2) is 48.1 Å². The van der Waals surface area contributed by atoms with Crippen LogP contribution in [0, 0.1) is 6.92 Å². The van der Waals surface area contributed by atoms with Gasteiger partial charge in [-0.2, -0.15) is 0 Å². The van der Waals surface area contributed by atoms with Crippen molar-refractivity contribution in [1.82, 2.24) is 0 Å². The molecule has 1 aliphatic heterocycles. The average Bonchev–Trinajstić information content (AvgIpc) is 2.53. The van der Waals surface area contributed by atoms with Gasteiger partial charge in [-0.05, 0) is 70.7 Å². The number of allylic oxidation sites excluding steroid dienone is 5. The Bertz CT molecular complexity index is 842. The number of aryl methyl sites for hydroxylation is 1. The lowest BCUT2D eigenvalue weighted by Gasteiger charge is -2.32. The van der Waals surface area contributed by atoms with Crippen molar-refractivity contribution in [2.45, 2.75) is 52.6 Å². The number of aromatic carboxylic acids is 1. The Kier molecular flexibility index (Phi) is 6.32. The van der Waals surface area contributed by atoms with Crippen molar-refractivity contribution in [3.8, 4) is 11.5 Å². The lowest BCUT2D eigenvalue weighted by molar-refractivity contribution is 0.0692. The van der Waals surface area contributed by atoms with Crippen molar-refractivity contribution in [2.24, 2.45) is 0 Å². The second-order valence-electron chi connectivity index (χ2n) is 7.42. The van der Waals surface area contributed by atoms with Gasteiger partial charge in [-0.1, -0.05) is 36.0 Å². The van der Waals surface area contributed by atoms with Crippen LogP contribution in [0.25, 0.3) is 6.08 Å². The van der Waals surface area contributed by atoms with E-state index in [0.717, 1.165) is 24.8 Å². The molecular weight excluding hydrogens is 340 g/mol. The van der Waals surface area contributed by atoms with Crippen LogP contribution in [0.5, 0.6) is 11.5 Å². The van der Waals surface area contributed by atoms with Gasteiger partial charge in [0.25, 0.3) is 0 Å². The maximum absolute atomic E-state index is 11.3. The minimum absolute atomic E-state index is 0.0769. The second-order valence-corrected chi connectivity index (χ2v) is 7.42. The summed E-state index contributed by atoms with van der Waals surface area (Å²) in [6, 6.07) is 1.68. The fourth-order valence-corrected chi connectivity index (χ4v) is 3.11. The van der Waals surface area contributed by atoms with Crippen LogP contribution >= 0.6 is 0 Å². The molecule has 4 nitrogen and oxygen atoms in total. The van der Waals surface area contributed by atoms with Gasteiger partial charge in [0.2, 0.25) is 0 Å². The van der Waals surface area contributed by atoms with Crippen LogP contribution < -0.4 is 4.74 Å². The van der Waals surface area contributed by atoms with Gasteiger partial charge < -0.3 is 14.9 Å². The van der Waals surface area contributed by atoms with Gasteiger partial charge in [-0.25, -0.2) is 4.79 Å². The summed E-state index contributed by atoms with van der Waals surface area (Å²) in [6.07, 6.45) is 12.5. The zero-order chi connectivity index (χ0) is 20.2. The summed E-state index contributed by atoms with van der Waals surface area (Å²) < 4.78 is 6.12. The van der Waals surface area contributed by atoms with Crippen molar-refractivity contribution in [1.29, 1.82) is 0 Å². The van der Waals surface area contributed by atoms with Crippen LogP contribution in [0.2, 0.25) is 0 Å². The predicted molar refractivity (Wildman–Crippen MR) is 109 cm³/mol. The Morgan fingerprint density at radius 3 is 2.70 bits per heavy atom. The summed E-state index contributed by atoms with van der Waals surface area (Å²) in [7, 11) is 0. The van der Waals surface area contributed by atoms with Crippen molar-refractivity contribution >= 4 is 12.0 Å². The summed E-state index contributed by atoms with van der Waals surface area (Å²) in [5.41, 5.74) is 2.66. The first-order valence-corrected chi connectivity index (χ1v) is 9.09. The van der Waals surface area contributed by atoms with E-state index in [9.17, 15) is 15.0 Å². The number of phenols is 1. The normalized spacial score (nSPS) is 19.0. The highest BCUT2D eigenvalue weighted by atomic mass is 16.5. The smallest absolute Gasteiger partial charge is 0.339 e. The van der Waals surface area contributed by atoms with Crippen molar-refractivity contribution < 1.29 is 19.7 Å². The predicted octanol–water partition coefficient (Wildman–Crippen LogP) is 5.81. The third kappa shape index (κ3) is 5.13. The Morgan fingerprint density at radius 2 is 2.07 bits per heavy atom. The zero-order valence-corrected chi connectivity index (χ0v) is 16.5. The van der Waals surface area contributed by atoms with E-state index >= 15 is 0 Å². The standard InChI is InChI=1S/C23H28O4/c1-15(2)8-6-9-16(3)10-7-12-23(5)13-11-18-19(27-23)14-17(4)20(21(18)24)22(25)26/h6,8,10-11,13-14,24H,1,7,9,12H2,2-5H3,(H,25,26)/b8-6+,16-10+/t23-/m1/s1. The lowest BCUT2D eigenvalue weighted by atomic mass is 9.92. The number of carbonyl (C=O) groups is 1. The SMILES string of the molecule is C=C(C)/C=C/C/C(C)=C/CC[C@]1(C)C=Cc2c(cc(C)c(C(=O)O)c2O)O1. The Balaban J connectivity index is 2.09. The van der Waals surface area contributed by atoms with Crippen LogP contribution in [-0.4, -0.2) is 21.8 Å². The highest BCUT2D eigenvalue weighted by molar-refractivity contribution is 5.95. The van der Waals surface area contributed by atoms with E-state index in [2.05, 4.69) is 25.7 Å². The van der Waals surface area contributed by atoms with Gasteiger partial charge in [-0.15, -0.1) is 0 Å². The number of carboxylic acids is 1. The first kappa shape index (κ1) is 20.6. The number of aromatic hydroxyl groups is 1. The first-order chi connectivity index (χ1) is 12.6. The molecule has 1 aromatic rings. The van der Waals surface area contributed by atoms with E-state index in [1.807, 2.05) is 26.0 Å². The summed E-state index contributed by atoms with van der Waals surface area (Å²) in [5, 5.41) is 19.6. The number of benzene rings is 1. The first-order valence-electron chi connectivity index (χ1n) is 9.09. The van der Waals surface area contributed by atoms with Gasteiger partial charge in [0.05, 0.1) is 5.56 Å². The molecule has 0 amide bonds. The van der Waals surface area contributed by atoms with Crippen molar-refractivity contribution in [2.75, 3.05) is 0 Å². The second kappa shape index (κ2) is 8.30. The number of ether oxygens (including phenoxy) is 1. The average molecular weight is 368 g/mol. The van der Waals surface area contributed by atoms with Crippen LogP contribution in [0.1, 0.15) is 61.5 Å². The topological polar surface area (TPSA) is 66.8 Å². The van der Waals surface area contributed by atoms with Crippen LogP contribution in [0.4, 0.5) is 0 Å². The molecule has 1 atom stereocenters. The molecule has 144 valence electrons. The molecule has 0 fully saturated rings. The third-order valence-electron chi connectivity index (χ3n) is 4.63. The molecule has 2 rings (SSSR count). The van der Waals surface area contributed by atoms with Gasteiger partial charge in [0.1, 0.15) is 22.7 Å².